The summed E-state index contributed by atoms with van der Waals surface area (Å²) < 4.78 is 5.80. The quantitative estimate of drug-likeness (QED) is 0.366. The van der Waals surface area contributed by atoms with Crippen LogP contribution in [0.2, 0.25) is 0 Å². The van der Waals surface area contributed by atoms with Gasteiger partial charge in [0.05, 0.1) is 34.9 Å². The molecule has 7 heteroatoms. The van der Waals surface area contributed by atoms with E-state index in [4.69, 9.17) is 9.84 Å². The highest BCUT2D eigenvalue weighted by molar-refractivity contribution is 6.00. The lowest BCUT2D eigenvalue weighted by Crippen LogP contribution is -2.06. The van der Waals surface area contributed by atoms with Crippen LogP contribution in [0.4, 0.5) is 0 Å². The minimum absolute atomic E-state index is 0.0989. The van der Waals surface area contributed by atoms with E-state index in [9.17, 15) is 14.7 Å². The molecule has 0 saturated carbocycles. The SMILES string of the molecule is Cc1c(OCc2cnc(-c3cccc(C(=O)O)c3)cn2)ccc(C(=O)Cc2ccccc2)c1O. The van der Waals surface area contributed by atoms with Crippen molar-refractivity contribution in [2.24, 2.45) is 0 Å². The highest BCUT2D eigenvalue weighted by Gasteiger charge is 2.17. The van der Waals surface area contributed by atoms with E-state index in [1.807, 2.05) is 30.3 Å². The number of phenols is 1. The lowest BCUT2D eigenvalue weighted by atomic mass is 10.00. The Morgan fingerprint density at radius 2 is 1.74 bits per heavy atom. The number of Topliss-reactive ketones (excluding diaryl/α,β-unsaturated/α-hetero) is 1. The predicted molar refractivity (Wildman–Crippen MR) is 126 cm³/mol. The van der Waals surface area contributed by atoms with Gasteiger partial charge >= 0.3 is 5.97 Å². The smallest absolute Gasteiger partial charge is 0.335 e. The lowest BCUT2D eigenvalue weighted by Gasteiger charge is -2.13. The van der Waals surface area contributed by atoms with E-state index in [1.165, 1.54) is 12.1 Å². The normalized spacial score (nSPS) is 10.6. The van der Waals surface area contributed by atoms with Crippen LogP contribution in [0.5, 0.6) is 11.5 Å². The minimum Gasteiger partial charge on any atom is -0.507 e. The topological polar surface area (TPSA) is 110 Å². The molecule has 0 bridgehead atoms. The summed E-state index contributed by atoms with van der Waals surface area (Å²) in [6.07, 6.45) is 3.30. The molecular formula is C27H22N2O5. The van der Waals surface area contributed by atoms with Gasteiger partial charge < -0.3 is 14.9 Å². The summed E-state index contributed by atoms with van der Waals surface area (Å²) in [4.78, 5) is 32.5. The molecule has 0 radical (unpaired) electrons. The molecule has 4 rings (SSSR count). The molecule has 0 amide bonds. The standard InChI is InChI=1S/C27H22N2O5/c1-17-25(11-10-22(26(17)31)24(30)12-18-6-3-2-4-7-18)34-16-21-14-29-23(15-28-21)19-8-5-9-20(13-19)27(32)33/h2-11,13-15,31H,12,16H2,1H3,(H,32,33). The Kier molecular flexibility index (Phi) is 6.64. The van der Waals surface area contributed by atoms with Gasteiger partial charge in [-0.1, -0.05) is 42.5 Å². The van der Waals surface area contributed by atoms with E-state index in [1.54, 1.807) is 43.6 Å². The number of aromatic nitrogens is 2. The number of carbonyl (C=O) groups is 2. The van der Waals surface area contributed by atoms with Crippen molar-refractivity contribution in [3.63, 3.8) is 0 Å². The highest BCUT2D eigenvalue weighted by atomic mass is 16.5. The van der Waals surface area contributed by atoms with Gasteiger partial charge in [-0.2, -0.15) is 0 Å². The van der Waals surface area contributed by atoms with Gasteiger partial charge in [0.2, 0.25) is 0 Å². The molecule has 4 aromatic rings. The van der Waals surface area contributed by atoms with Crippen LogP contribution in [-0.2, 0) is 13.0 Å². The fourth-order valence-electron chi connectivity index (χ4n) is 3.48. The zero-order chi connectivity index (χ0) is 24.1. The largest absolute Gasteiger partial charge is 0.507 e. The van der Waals surface area contributed by atoms with Gasteiger partial charge in [0.1, 0.15) is 18.1 Å². The third-order valence-electron chi connectivity index (χ3n) is 5.38. The fraction of sp³-hybridized carbons (Fsp3) is 0.111. The highest BCUT2D eigenvalue weighted by Crippen LogP contribution is 2.32. The maximum atomic E-state index is 12.6. The maximum Gasteiger partial charge on any atom is 0.335 e. The fourth-order valence-corrected chi connectivity index (χ4v) is 3.48. The first kappa shape index (κ1) is 22.7. The van der Waals surface area contributed by atoms with Gasteiger partial charge in [-0.15, -0.1) is 0 Å². The van der Waals surface area contributed by atoms with Gasteiger partial charge in [0, 0.05) is 17.5 Å². The zero-order valence-electron chi connectivity index (χ0n) is 18.4. The van der Waals surface area contributed by atoms with E-state index in [2.05, 4.69) is 9.97 Å². The first-order valence-corrected chi connectivity index (χ1v) is 10.6. The van der Waals surface area contributed by atoms with Gasteiger partial charge in [-0.05, 0) is 36.8 Å². The van der Waals surface area contributed by atoms with E-state index in [0.29, 0.717) is 28.3 Å². The van der Waals surface area contributed by atoms with E-state index in [0.717, 1.165) is 5.56 Å². The first-order valence-electron chi connectivity index (χ1n) is 10.6. The molecule has 2 N–H and O–H groups in total. The monoisotopic (exact) mass is 454 g/mol. The van der Waals surface area contributed by atoms with Crippen molar-refractivity contribution < 1.29 is 24.5 Å². The number of aromatic carboxylic acids is 1. The number of rotatable bonds is 8. The molecule has 0 aliphatic rings. The zero-order valence-corrected chi connectivity index (χ0v) is 18.4. The maximum absolute atomic E-state index is 12.6. The van der Waals surface area contributed by atoms with Crippen molar-refractivity contribution in [1.29, 1.82) is 0 Å². The van der Waals surface area contributed by atoms with Crippen LogP contribution in [0, 0.1) is 6.92 Å². The molecule has 0 aliphatic heterocycles. The second-order valence-electron chi connectivity index (χ2n) is 7.74. The van der Waals surface area contributed by atoms with Crippen LogP contribution >= 0.6 is 0 Å². The molecule has 170 valence electrons. The Balaban J connectivity index is 1.43. The Morgan fingerprint density at radius 3 is 2.44 bits per heavy atom. The number of nitrogens with zero attached hydrogens (tertiary/aromatic N) is 2. The number of carboxylic acid groups (broad SMARTS) is 1. The van der Waals surface area contributed by atoms with Crippen LogP contribution in [0.3, 0.4) is 0 Å². The molecule has 1 aromatic heterocycles. The van der Waals surface area contributed by atoms with Gasteiger partial charge in [0.15, 0.2) is 5.78 Å². The van der Waals surface area contributed by atoms with Crippen molar-refractivity contribution in [2.75, 3.05) is 0 Å². The number of aromatic hydroxyl groups is 1. The number of carbonyl (C=O) groups excluding carboxylic acids is 1. The van der Waals surface area contributed by atoms with Crippen molar-refractivity contribution >= 4 is 11.8 Å². The molecule has 0 spiro atoms. The second-order valence-corrected chi connectivity index (χ2v) is 7.74. The summed E-state index contributed by atoms with van der Waals surface area (Å²) >= 11 is 0. The molecular weight excluding hydrogens is 432 g/mol. The first-order chi connectivity index (χ1) is 16.4. The third-order valence-corrected chi connectivity index (χ3v) is 5.38. The average molecular weight is 454 g/mol. The summed E-state index contributed by atoms with van der Waals surface area (Å²) in [5, 5.41) is 19.7. The number of hydrogen-bond acceptors (Lipinski definition) is 6. The molecule has 0 aliphatic carbocycles. The number of benzene rings is 3. The average Bonchev–Trinajstić information content (AvgIpc) is 2.86. The van der Waals surface area contributed by atoms with Crippen molar-refractivity contribution in [1.82, 2.24) is 9.97 Å². The molecule has 34 heavy (non-hydrogen) atoms. The van der Waals surface area contributed by atoms with Crippen LogP contribution in [0.25, 0.3) is 11.3 Å². The van der Waals surface area contributed by atoms with Crippen molar-refractivity contribution in [2.45, 2.75) is 20.0 Å². The predicted octanol–water partition coefficient (Wildman–Crippen LogP) is 4.86. The van der Waals surface area contributed by atoms with Crippen LogP contribution < -0.4 is 4.74 Å². The Bertz CT molecular complexity index is 1340. The number of ketones is 1. The number of phenolic OH excluding ortho intramolecular Hbond substituents is 1. The third kappa shape index (κ3) is 5.10. The Morgan fingerprint density at radius 1 is 0.941 bits per heavy atom. The minimum atomic E-state index is -1.01. The van der Waals surface area contributed by atoms with Crippen LogP contribution in [-0.4, -0.2) is 31.9 Å². The van der Waals surface area contributed by atoms with Gasteiger partial charge in [-0.25, -0.2) is 4.79 Å². The summed E-state index contributed by atoms with van der Waals surface area (Å²) in [5.74, 6) is -0.843. The Hall–Kier alpha value is -4.52. The summed E-state index contributed by atoms with van der Waals surface area (Å²) in [6, 6.07) is 19.1. The molecule has 3 aromatic carbocycles. The lowest BCUT2D eigenvalue weighted by molar-refractivity contribution is 0.0696. The summed E-state index contributed by atoms with van der Waals surface area (Å²) in [6.45, 7) is 1.80. The number of ether oxygens (including phenoxy) is 1. The second kappa shape index (κ2) is 9.95. The molecule has 0 atom stereocenters. The van der Waals surface area contributed by atoms with E-state index in [-0.39, 0.29) is 35.7 Å². The number of carboxylic acids is 1. The van der Waals surface area contributed by atoms with Crippen molar-refractivity contribution in [3.05, 3.63) is 107 Å². The van der Waals surface area contributed by atoms with E-state index >= 15 is 0 Å². The summed E-state index contributed by atoms with van der Waals surface area (Å²) in [5.41, 5.74) is 3.52. The van der Waals surface area contributed by atoms with E-state index < -0.39 is 5.97 Å². The Labute approximate surface area is 196 Å². The molecule has 0 saturated heterocycles. The molecule has 7 nitrogen and oxygen atoms in total. The number of hydrogen-bond donors (Lipinski definition) is 2. The van der Waals surface area contributed by atoms with Crippen LogP contribution in [0.1, 0.15) is 37.5 Å². The van der Waals surface area contributed by atoms with Crippen LogP contribution in [0.15, 0.2) is 79.1 Å². The molecule has 0 fully saturated rings. The van der Waals surface area contributed by atoms with Gasteiger partial charge in [-0.3, -0.25) is 14.8 Å². The van der Waals surface area contributed by atoms with Gasteiger partial charge in [0.25, 0.3) is 0 Å². The summed E-state index contributed by atoms with van der Waals surface area (Å²) in [7, 11) is 0. The molecule has 0 unspecified atom stereocenters. The van der Waals surface area contributed by atoms with Crippen molar-refractivity contribution in [3.8, 4) is 22.8 Å². The molecule has 1 heterocycles.